The van der Waals surface area contributed by atoms with Gasteiger partial charge in [0.05, 0.1) is 24.0 Å². The van der Waals surface area contributed by atoms with Crippen LogP contribution in [0.2, 0.25) is 0 Å². The van der Waals surface area contributed by atoms with Crippen molar-refractivity contribution in [3.8, 4) is 23.0 Å². The van der Waals surface area contributed by atoms with Crippen LogP contribution >= 0.6 is 0 Å². The Morgan fingerprint density at radius 3 is 2.51 bits per heavy atom. The Labute approximate surface area is 275 Å². The van der Waals surface area contributed by atoms with Gasteiger partial charge in [-0.25, -0.2) is 8.42 Å². The summed E-state index contributed by atoms with van der Waals surface area (Å²) in [5, 5.41) is 5.67. The van der Waals surface area contributed by atoms with E-state index in [2.05, 4.69) is 10.6 Å². The SMILES string of the molecule is CCOC(=O)C1(CC2CC2)CNC(=O)CCCN(S(=O)(=O)c2ccc3c(c2)OCCO3)CCNC(=O)COc2cc(ccc2OC)C1. The molecule has 1 saturated carbocycles. The summed E-state index contributed by atoms with van der Waals surface area (Å²) in [7, 11) is -2.55. The molecule has 1 fully saturated rings. The lowest BCUT2D eigenvalue weighted by Gasteiger charge is -2.32. The second-order valence-corrected chi connectivity index (χ2v) is 14.0. The molecule has 1 atom stereocenters. The molecule has 0 saturated heterocycles. The zero-order valence-electron chi connectivity index (χ0n) is 26.9. The molecular weight excluding hydrogens is 630 g/mol. The minimum Gasteiger partial charge on any atom is -0.493 e. The van der Waals surface area contributed by atoms with Crippen LogP contribution in [0.1, 0.15) is 44.6 Å². The molecule has 1 aliphatic carbocycles. The quantitative estimate of drug-likeness (QED) is 0.418. The van der Waals surface area contributed by atoms with Crippen LogP contribution in [-0.4, -0.2) is 90.2 Å². The highest BCUT2D eigenvalue weighted by Crippen LogP contribution is 2.43. The predicted molar refractivity (Wildman–Crippen MR) is 170 cm³/mol. The molecule has 2 amide bonds. The van der Waals surface area contributed by atoms with Crippen molar-refractivity contribution in [1.29, 1.82) is 0 Å². The summed E-state index contributed by atoms with van der Waals surface area (Å²) in [5.74, 6) is 0.703. The van der Waals surface area contributed by atoms with Crippen LogP contribution in [0.25, 0.3) is 0 Å². The molecule has 2 aromatic rings. The number of carbonyl (C=O) groups excluding carboxylic acids is 3. The van der Waals surface area contributed by atoms with E-state index in [9.17, 15) is 22.8 Å². The Bertz CT molecular complexity index is 1560. The van der Waals surface area contributed by atoms with E-state index in [-0.39, 0.29) is 69.5 Å². The minimum atomic E-state index is -4.04. The number of hydrogen-bond acceptors (Lipinski definition) is 10. The summed E-state index contributed by atoms with van der Waals surface area (Å²) in [6.07, 6.45) is 3.05. The van der Waals surface area contributed by atoms with E-state index in [1.54, 1.807) is 25.1 Å². The van der Waals surface area contributed by atoms with Gasteiger partial charge in [0.1, 0.15) is 13.2 Å². The molecule has 14 heteroatoms. The van der Waals surface area contributed by atoms with Gasteiger partial charge in [0.25, 0.3) is 5.91 Å². The van der Waals surface area contributed by atoms with Crippen LogP contribution in [0.3, 0.4) is 0 Å². The van der Waals surface area contributed by atoms with Gasteiger partial charge in [-0.15, -0.1) is 0 Å². The molecule has 0 radical (unpaired) electrons. The van der Waals surface area contributed by atoms with Crippen LogP contribution in [0.15, 0.2) is 41.3 Å². The highest BCUT2D eigenvalue weighted by Gasteiger charge is 2.45. The minimum absolute atomic E-state index is 0.00859. The van der Waals surface area contributed by atoms with Gasteiger partial charge in [-0.1, -0.05) is 18.9 Å². The molecule has 47 heavy (non-hydrogen) atoms. The van der Waals surface area contributed by atoms with E-state index in [1.807, 2.05) is 6.07 Å². The zero-order valence-corrected chi connectivity index (χ0v) is 27.7. The van der Waals surface area contributed by atoms with Crippen molar-refractivity contribution in [3.63, 3.8) is 0 Å². The smallest absolute Gasteiger partial charge is 0.314 e. The number of methoxy groups -OCH3 is 1. The van der Waals surface area contributed by atoms with Crippen molar-refractivity contribution >= 4 is 27.8 Å². The van der Waals surface area contributed by atoms with Gasteiger partial charge in [0.15, 0.2) is 29.6 Å². The maximum Gasteiger partial charge on any atom is 0.314 e. The lowest BCUT2D eigenvalue weighted by atomic mass is 9.76. The van der Waals surface area contributed by atoms with Crippen molar-refractivity contribution in [2.24, 2.45) is 11.3 Å². The maximum atomic E-state index is 13.8. The van der Waals surface area contributed by atoms with E-state index in [4.69, 9.17) is 23.7 Å². The number of sulfonamides is 1. The molecular formula is C33H43N3O10S. The number of nitrogens with zero attached hydrogens (tertiary/aromatic N) is 1. The van der Waals surface area contributed by atoms with Crippen LogP contribution < -0.4 is 29.6 Å². The molecule has 1 unspecified atom stereocenters. The second kappa shape index (κ2) is 15.2. The Morgan fingerprint density at radius 2 is 1.77 bits per heavy atom. The first-order valence-corrected chi connectivity index (χ1v) is 17.5. The van der Waals surface area contributed by atoms with Gasteiger partial charge in [-0.05, 0) is 61.9 Å². The standard InChI is InChI=1S/C33H43N3O10S/c1-3-43-32(39)33(19-23-6-7-23)20-24-8-10-26(42-2)28(17-24)46-21-31(38)34-12-14-36(13-4-5-30(37)35-22-33)47(40,41)25-9-11-27-29(18-25)45-16-15-44-27/h8-11,17-18,23H,3-7,12-16,19-22H2,1-2H3,(H,34,38)(H,35,37). The fourth-order valence-electron chi connectivity index (χ4n) is 5.90. The fourth-order valence-corrected chi connectivity index (χ4v) is 7.39. The number of fused-ring (bicyclic) bond motifs is 3. The Kier molecular flexibility index (Phi) is 11.1. The van der Waals surface area contributed by atoms with Crippen molar-refractivity contribution in [1.82, 2.24) is 14.9 Å². The summed E-state index contributed by atoms with van der Waals surface area (Å²) < 4.78 is 56.8. The number of hydrogen-bond donors (Lipinski definition) is 2. The predicted octanol–water partition coefficient (Wildman–Crippen LogP) is 2.45. The third kappa shape index (κ3) is 8.66. The Hall–Kier alpha value is -4.04. The first-order chi connectivity index (χ1) is 22.6. The van der Waals surface area contributed by atoms with Gasteiger partial charge in [0.2, 0.25) is 15.9 Å². The molecule has 2 aromatic carbocycles. The third-order valence-electron chi connectivity index (χ3n) is 8.48. The van der Waals surface area contributed by atoms with Crippen molar-refractivity contribution < 1.29 is 46.5 Å². The molecule has 256 valence electrons. The van der Waals surface area contributed by atoms with Gasteiger partial charge in [-0.3, -0.25) is 14.4 Å². The first kappa shape index (κ1) is 34.3. The van der Waals surface area contributed by atoms with Gasteiger partial charge in [-0.2, -0.15) is 4.31 Å². The molecule has 2 N–H and O–H groups in total. The number of esters is 1. The molecule has 5 rings (SSSR count). The molecule has 13 nitrogen and oxygen atoms in total. The average Bonchev–Trinajstić information content (AvgIpc) is 3.89. The number of amides is 2. The third-order valence-corrected chi connectivity index (χ3v) is 10.4. The number of benzene rings is 2. The average molecular weight is 674 g/mol. The van der Waals surface area contributed by atoms with E-state index in [0.29, 0.717) is 48.6 Å². The van der Waals surface area contributed by atoms with Crippen LogP contribution in [0.4, 0.5) is 0 Å². The van der Waals surface area contributed by atoms with E-state index >= 15 is 0 Å². The summed E-state index contributed by atoms with van der Waals surface area (Å²) in [6, 6.07) is 9.71. The molecule has 2 aliphatic heterocycles. The normalized spacial score (nSPS) is 21.7. The number of nitrogens with one attached hydrogen (secondary N) is 2. The summed E-state index contributed by atoms with van der Waals surface area (Å²) >= 11 is 0. The highest BCUT2D eigenvalue weighted by molar-refractivity contribution is 7.89. The molecule has 2 bridgehead atoms. The summed E-state index contributed by atoms with van der Waals surface area (Å²) in [4.78, 5) is 39.6. The van der Waals surface area contributed by atoms with E-state index < -0.39 is 27.3 Å². The fraction of sp³-hybridized carbons (Fsp3) is 0.545. The lowest BCUT2D eigenvalue weighted by Crippen LogP contribution is -2.46. The summed E-state index contributed by atoms with van der Waals surface area (Å²) in [6.45, 7) is 2.32. The number of ether oxygens (including phenoxy) is 5. The van der Waals surface area contributed by atoms with Crippen LogP contribution in [-0.2, 0) is 35.6 Å². The van der Waals surface area contributed by atoms with Crippen molar-refractivity contribution in [3.05, 3.63) is 42.0 Å². The largest absolute Gasteiger partial charge is 0.493 e. The molecule has 2 heterocycles. The Morgan fingerprint density at radius 1 is 0.979 bits per heavy atom. The molecule has 0 spiro atoms. The topological polar surface area (TPSA) is 159 Å². The zero-order chi connectivity index (χ0) is 33.4. The molecule has 3 aliphatic rings. The first-order valence-electron chi connectivity index (χ1n) is 16.0. The van der Waals surface area contributed by atoms with Crippen molar-refractivity contribution in [2.75, 3.05) is 59.7 Å². The number of rotatable bonds is 7. The van der Waals surface area contributed by atoms with Crippen LogP contribution in [0, 0.1) is 11.3 Å². The Balaban J connectivity index is 1.41. The lowest BCUT2D eigenvalue weighted by molar-refractivity contribution is -0.156. The van der Waals surface area contributed by atoms with Gasteiger partial charge in [0, 0.05) is 38.7 Å². The van der Waals surface area contributed by atoms with Crippen molar-refractivity contribution in [2.45, 2.75) is 50.3 Å². The van der Waals surface area contributed by atoms with E-state index in [1.165, 1.54) is 23.5 Å². The summed E-state index contributed by atoms with van der Waals surface area (Å²) in [5.41, 5.74) is -0.264. The van der Waals surface area contributed by atoms with Gasteiger partial charge >= 0.3 is 5.97 Å². The monoisotopic (exact) mass is 673 g/mol. The maximum absolute atomic E-state index is 13.8. The second-order valence-electron chi connectivity index (χ2n) is 12.0. The highest BCUT2D eigenvalue weighted by atomic mass is 32.2. The van der Waals surface area contributed by atoms with Gasteiger partial charge < -0.3 is 34.3 Å². The van der Waals surface area contributed by atoms with E-state index in [0.717, 1.165) is 18.4 Å². The number of carbonyl (C=O) groups is 3. The molecule has 0 aromatic heterocycles. The van der Waals surface area contributed by atoms with Crippen LogP contribution in [0.5, 0.6) is 23.0 Å².